The van der Waals surface area contributed by atoms with Gasteiger partial charge in [0, 0.05) is 36.7 Å². The molecule has 0 aliphatic rings. The zero-order valence-electron chi connectivity index (χ0n) is 9.21. The third kappa shape index (κ3) is 2.79. The van der Waals surface area contributed by atoms with Crippen LogP contribution < -0.4 is 5.32 Å². The number of non-ortho nitro benzene ring substituents is 1. The summed E-state index contributed by atoms with van der Waals surface area (Å²) in [7, 11) is 1.82. The number of anilines is 1. The van der Waals surface area contributed by atoms with Gasteiger partial charge in [0.15, 0.2) is 5.13 Å². The molecule has 0 aliphatic heterocycles. The van der Waals surface area contributed by atoms with Crippen molar-refractivity contribution < 1.29 is 4.92 Å². The first-order valence-corrected chi connectivity index (χ1v) is 5.86. The van der Waals surface area contributed by atoms with Crippen molar-refractivity contribution in [3.63, 3.8) is 0 Å². The second kappa shape index (κ2) is 4.92. The summed E-state index contributed by atoms with van der Waals surface area (Å²) in [5.41, 5.74) is 1.05. The van der Waals surface area contributed by atoms with Crippen molar-refractivity contribution in [1.82, 2.24) is 4.98 Å². The highest BCUT2D eigenvalue weighted by Gasteiger charge is 2.07. The Balaban J connectivity index is 2.18. The average Bonchev–Trinajstić information content (AvgIpc) is 2.77. The van der Waals surface area contributed by atoms with Gasteiger partial charge in [-0.2, -0.15) is 0 Å². The van der Waals surface area contributed by atoms with Crippen molar-refractivity contribution in [2.75, 3.05) is 12.4 Å². The zero-order chi connectivity index (χ0) is 12.3. The highest BCUT2D eigenvalue weighted by molar-refractivity contribution is 7.15. The minimum Gasteiger partial charge on any atom is -0.365 e. The van der Waals surface area contributed by atoms with E-state index in [1.165, 1.54) is 6.07 Å². The highest BCUT2D eigenvalue weighted by Crippen LogP contribution is 2.22. The first kappa shape index (κ1) is 11.5. The number of thiazole rings is 1. The minimum atomic E-state index is -0.380. The Hall–Kier alpha value is -1.95. The third-order valence-corrected chi connectivity index (χ3v) is 3.28. The summed E-state index contributed by atoms with van der Waals surface area (Å²) in [5, 5.41) is 14.5. The van der Waals surface area contributed by atoms with Gasteiger partial charge < -0.3 is 5.32 Å². The Labute approximate surface area is 102 Å². The van der Waals surface area contributed by atoms with Crippen molar-refractivity contribution in [1.29, 1.82) is 0 Å². The molecule has 0 unspecified atom stereocenters. The van der Waals surface area contributed by atoms with Crippen molar-refractivity contribution in [3.8, 4) is 0 Å². The number of hydrogen-bond acceptors (Lipinski definition) is 5. The third-order valence-electron chi connectivity index (χ3n) is 2.27. The number of nitrogens with one attached hydrogen (secondary N) is 1. The standard InChI is InChI=1S/C11H11N3O2S/c1-12-11-13-7-10(17-11)6-8-3-2-4-9(5-8)14(15)16/h2-5,7H,6H2,1H3,(H,12,13). The van der Waals surface area contributed by atoms with Gasteiger partial charge in [-0.15, -0.1) is 11.3 Å². The molecule has 1 N–H and O–H groups in total. The largest absolute Gasteiger partial charge is 0.365 e. The number of rotatable bonds is 4. The summed E-state index contributed by atoms with van der Waals surface area (Å²) in [6, 6.07) is 6.67. The normalized spacial score (nSPS) is 10.2. The molecule has 0 saturated heterocycles. The van der Waals surface area contributed by atoms with E-state index < -0.39 is 0 Å². The molecule has 0 aliphatic carbocycles. The number of nitro benzene ring substituents is 1. The summed E-state index contributed by atoms with van der Waals surface area (Å²) >= 11 is 1.55. The molecule has 0 spiro atoms. The van der Waals surface area contributed by atoms with Gasteiger partial charge in [-0.1, -0.05) is 12.1 Å². The van der Waals surface area contributed by atoms with E-state index in [1.807, 2.05) is 13.1 Å². The van der Waals surface area contributed by atoms with Crippen LogP contribution in [0.5, 0.6) is 0 Å². The second-order valence-electron chi connectivity index (χ2n) is 3.49. The first-order valence-electron chi connectivity index (χ1n) is 5.05. The molecule has 6 heteroatoms. The molecule has 1 heterocycles. The molecule has 0 saturated carbocycles. The maximum Gasteiger partial charge on any atom is 0.269 e. The Morgan fingerprint density at radius 2 is 2.35 bits per heavy atom. The van der Waals surface area contributed by atoms with E-state index in [0.717, 1.165) is 15.6 Å². The molecule has 2 rings (SSSR count). The van der Waals surface area contributed by atoms with Crippen molar-refractivity contribution >= 4 is 22.2 Å². The quantitative estimate of drug-likeness (QED) is 0.668. The maximum atomic E-state index is 10.6. The zero-order valence-corrected chi connectivity index (χ0v) is 10.0. The minimum absolute atomic E-state index is 0.126. The summed E-state index contributed by atoms with van der Waals surface area (Å²) in [6.45, 7) is 0. The molecule has 88 valence electrons. The Morgan fingerprint density at radius 3 is 3.00 bits per heavy atom. The van der Waals surface area contributed by atoms with Gasteiger partial charge in [-0.3, -0.25) is 10.1 Å². The van der Waals surface area contributed by atoms with E-state index in [1.54, 1.807) is 29.7 Å². The van der Waals surface area contributed by atoms with E-state index in [9.17, 15) is 10.1 Å². The van der Waals surface area contributed by atoms with Crippen LogP contribution >= 0.6 is 11.3 Å². The van der Waals surface area contributed by atoms with E-state index in [4.69, 9.17) is 0 Å². The summed E-state index contributed by atoms with van der Waals surface area (Å²) in [5.74, 6) is 0. The lowest BCUT2D eigenvalue weighted by atomic mass is 10.1. The second-order valence-corrected chi connectivity index (χ2v) is 4.60. The fraction of sp³-hybridized carbons (Fsp3) is 0.182. The van der Waals surface area contributed by atoms with Gasteiger partial charge in [-0.05, 0) is 5.56 Å². The predicted molar refractivity (Wildman–Crippen MR) is 67.6 cm³/mol. The van der Waals surface area contributed by atoms with Crippen LogP contribution in [0.2, 0.25) is 0 Å². The molecule has 1 aromatic carbocycles. The molecule has 0 fully saturated rings. The highest BCUT2D eigenvalue weighted by atomic mass is 32.1. The lowest BCUT2D eigenvalue weighted by molar-refractivity contribution is -0.384. The molecule has 0 radical (unpaired) electrons. The average molecular weight is 249 g/mol. The Bertz CT molecular complexity index is 539. The Kier molecular flexibility index (Phi) is 3.34. The molecule has 0 bridgehead atoms. The van der Waals surface area contributed by atoms with E-state index >= 15 is 0 Å². The fourth-order valence-corrected chi connectivity index (χ4v) is 2.29. The predicted octanol–water partition coefficient (Wildman–Crippen LogP) is 2.68. The number of benzene rings is 1. The summed E-state index contributed by atoms with van der Waals surface area (Å²) in [4.78, 5) is 15.5. The van der Waals surface area contributed by atoms with Crippen molar-refractivity contribution in [2.45, 2.75) is 6.42 Å². The van der Waals surface area contributed by atoms with Gasteiger partial charge in [0.05, 0.1) is 4.92 Å². The van der Waals surface area contributed by atoms with Crippen LogP contribution in [0, 0.1) is 10.1 Å². The molecule has 5 nitrogen and oxygen atoms in total. The number of nitro groups is 1. The van der Waals surface area contributed by atoms with Gasteiger partial charge in [0.2, 0.25) is 0 Å². The van der Waals surface area contributed by atoms with E-state index in [-0.39, 0.29) is 10.6 Å². The lowest BCUT2D eigenvalue weighted by Gasteiger charge is -1.98. The Morgan fingerprint density at radius 1 is 1.53 bits per heavy atom. The molecular weight excluding hydrogens is 238 g/mol. The summed E-state index contributed by atoms with van der Waals surface area (Å²) < 4.78 is 0. The van der Waals surface area contributed by atoms with Gasteiger partial charge in [0.1, 0.15) is 0 Å². The maximum absolute atomic E-state index is 10.6. The molecule has 0 amide bonds. The molecule has 1 aromatic heterocycles. The fourth-order valence-electron chi connectivity index (χ4n) is 1.49. The SMILES string of the molecule is CNc1ncc(Cc2cccc([N+](=O)[O-])c2)s1. The molecule has 2 aromatic rings. The molecular formula is C11H11N3O2S. The van der Waals surface area contributed by atoms with Crippen LogP contribution in [0.25, 0.3) is 0 Å². The number of aromatic nitrogens is 1. The van der Waals surface area contributed by atoms with Crippen LogP contribution in [-0.4, -0.2) is 17.0 Å². The monoisotopic (exact) mass is 249 g/mol. The number of hydrogen-bond donors (Lipinski definition) is 1. The van der Waals surface area contributed by atoms with E-state index in [2.05, 4.69) is 10.3 Å². The van der Waals surface area contributed by atoms with Crippen LogP contribution in [0.15, 0.2) is 30.5 Å². The summed E-state index contributed by atoms with van der Waals surface area (Å²) in [6.07, 6.45) is 2.45. The smallest absolute Gasteiger partial charge is 0.269 e. The lowest BCUT2D eigenvalue weighted by Crippen LogP contribution is -1.90. The van der Waals surface area contributed by atoms with Crippen LogP contribution in [0.4, 0.5) is 10.8 Å². The van der Waals surface area contributed by atoms with Gasteiger partial charge in [-0.25, -0.2) is 4.98 Å². The number of nitrogens with zero attached hydrogens (tertiary/aromatic N) is 2. The topological polar surface area (TPSA) is 68.1 Å². The van der Waals surface area contributed by atoms with Crippen LogP contribution in [0.1, 0.15) is 10.4 Å². The van der Waals surface area contributed by atoms with E-state index in [0.29, 0.717) is 6.42 Å². The van der Waals surface area contributed by atoms with Crippen molar-refractivity contribution in [3.05, 3.63) is 51.0 Å². The van der Waals surface area contributed by atoms with Crippen molar-refractivity contribution in [2.24, 2.45) is 0 Å². The van der Waals surface area contributed by atoms with Gasteiger partial charge >= 0.3 is 0 Å². The molecule has 17 heavy (non-hydrogen) atoms. The van der Waals surface area contributed by atoms with Crippen LogP contribution in [0.3, 0.4) is 0 Å². The van der Waals surface area contributed by atoms with Gasteiger partial charge in [0.25, 0.3) is 5.69 Å². The first-order chi connectivity index (χ1) is 8.19. The molecule has 0 atom stereocenters. The van der Waals surface area contributed by atoms with Crippen LogP contribution in [-0.2, 0) is 6.42 Å².